The lowest BCUT2D eigenvalue weighted by Gasteiger charge is -2.47. The lowest BCUT2D eigenvalue weighted by atomic mass is 9.72. The van der Waals surface area contributed by atoms with Gasteiger partial charge in [-0.1, -0.05) is 0 Å². The predicted octanol–water partition coefficient (Wildman–Crippen LogP) is -0.107. The number of imidazole rings is 1. The summed E-state index contributed by atoms with van der Waals surface area (Å²) in [5.41, 5.74) is 6.54. The number of nitrogens with zero attached hydrogens (tertiary/aromatic N) is 3. The molecule has 2 saturated heterocycles. The second kappa shape index (κ2) is 8.18. The summed E-state index contributed by atoms with van der Waals surface area (Å²) in [5, 5.41) is 9.58. The van der Waals surface area contributed by atoms with E-state index in [4.69, 9.17) is 5.73 Å². The fraction of sp³-hybridized carbons (Fsp3) is 0.722. The van der Waals surface area contributed by atoms with Crippen molar-refractivity contribution in [2.24, 2.45) is 11.1 Å². The van der Waals surface area contributed by atoms with Gasteiger partial charge in [-0.2, -0.15) is 0 Å². The minimum Gasteiger partial charge on any atom is -0.391 e. The average Bonchev–Trinajstić information content (AvgIpc) is 3.16. The molecule has 1 aromatic heterocycles. The average molecular weight is 363 g/mol. The number of nitrogens with one attached hydrogen (secondary N) is 1. The van der Waals surface area contributed by atoms with Gasteiger partial charge in [-0.3, -0.25) is 9.59 Å². The Morgan fingerprint density at radius 1 is 1.38 bits per heavy atom. The van der Waals surface area contributed by atoms with Crippen molar-refractivity contribution in [3.8, 4) is 0 Å². The zero-order valence-corrected chi connectivity index (χ0v) is 15.2. The molecule has 2 amide bonds. The maximum Gasteiger partial charge on any atom is 0.225 e. The lowest BCUT2D eigenvalue weighted by molar-refractivity contribution is -0.143. The Morgan fingerprint density at radius 3 is 2.81 bits per heavy atom. The predicted molar refractivity (Wildman–Crippen MR) is 96.0 cm³/mol. The molecular formula is C18H29N5O3. The van der Waals surface area contributed by atoms with Crippen molar-refractivity contribution in [1.29, 1.82) is 0 Å². The molecule has 1 aromatic rings. The van der Waals surface area contributed by atoms with E-state index in [0.717, 1.165) is 37.9 Å². The van der Waals surface area contributed by atoms with Crippen LogP contribution in [0.1, 0.15) is 37.8 Å². The Morgan fingerprint density at radius 2 is 2.15 bits per heavy atom. The van der Waals surface area contributed by atoms with Crippen LogP contribution in [0.25, 0.3) is 0 Å². The first kappa shape index (κ1) is 18.8. The number of amides is 2. The number of H-pyrrole nitrogens is 1. The number of hydrogen-bond acceptors (Lipinski definition) is 5. The maximum absolute atomic E-state index is 12.3. The van der Waals surface area contributed by atoms with E-state index in [1.165, 1.54) is 0 Å². The van der Waals surface area contributed by atoms with Crippen molar-refractivity contribution in [3.05, 3.63) is 18.2 Å². The molecule has 0 bridgehead atoms. The van der Waals surface area contributed by atoms with Crippen LogP contribution in [0.3, 0.4) is 0 Å². The molecule has 144 valence electrons. The lowest BCUT2D eigenvalue weighted by Crippen LogP contribution is -2.53. The van der Waals surface area contributed by atoms with Crippen molar-refractivity contribution in [3.63, 3.8) is 0 Å². The Bertz CT molecular complexity index is 610. The minimum absolute atomic E-state index is 0.0270. The van der Waals surface area contributed by atoms with E-state index in [0.29, 0.717) is 26.1 Å². The van der Waals surface area contributed by atoms with E-state index in [1.807, 2.05) is 9.80 Å². The summed E-state index contributed by atoms with van der Waals surface area (Å²) in [7, 11) is 0. The monoisotopic (exact) mass is 363 g/mol. The number of nitrogens with two attached hydrogens (primary N) is 1. The van der Waals surface area contributed by atoms with Crippen LogP contribution in [0, 0.1) is 5.41 Å². The molecule has 3 rings (SSSR count). The molecule has 0 saturated carbocycles. The third-order valence-corrected chi connectivity index (χ3v) is 5.81. The molecule has 1 spiro atoms. The van der Waals surface area contributed by atoms with E-state index in [9.17, 15) is 14.7 Å². The van der Waals surface area contributed by atoms with Gasteiger partial charge in [0.25, 0.3) is 0 Å². The molecule has 8 heteroatoms. The van der Waals surface area contributed by atoms with Gasteiger partial charge in [0.1, 0.15) is 0 Å². The highest BCUT2D eigenvalue weighted by molar-refractivity contribution is 5.78. The smallest absolute Gasteiger partial charge is 0.225 e. The van der Waals surface area contributed by atoms with Crippen molar-refractivity contribution < 1.29 is 14.7 Å². The van der Waals surface area contributed by atoms with Crippen LogP contribution >= 0.6 is 0 Å². The van der Waals surface area contributed by atoms with Crippen LogP contribution in [0.4, 0.5) is 0 Å². The highest BCUT2D eigenvalue weighted by Gasteiger charge is 2.41. The Balaban J connectivity index is 1.52. The maximum atomic E-state index is 12.3. The molecule has 0 aromatic carbocycles. The normalized spacial score (nSPS) is 21.2. The number of carbonyl (C=O) groups is 2. The zero-order valence-electron chi connectivity index (χ0n) is 15.2. The second-order valence-electron chi connectivity index (χ2n) is 7.62. The van der Waals surface area contributed by atoms with E-state index < -0.39 is 6.10 Å². The fourth-order valence-corrected chi connectivity index (χ4v) is 4.04. The quantitative estimate of drug-likeness (QED) is 0.652. The third kappa shape index (κ3) is 4.42. The molecule has 1 unspecified atom stereocenters. The largest absolute Gasteiger partial charge is 0.391 e. The van der Waals surface area contributed by atoms with Crippen LogP contribution in [0.2, 0.25) is 0 Å². The zero-order chi connectivity index (χ0) is 18.6. The molecule has 3 heterocycles. The Hall–Kier alpha value is -1.93. The molecule has 26 heavy (non-hydrogen) atoms. The molecule has 4 N–H and O–H groups in total. The number of piperidine rings is 2. The molecule has 2 aliphatic rings. The summed E-state index contributed by atoms with van der Waals surface area (Å²) in [6, 6.07) is 0. The number of aliphatic hydroxyl groups is 1. The number of likely N-dealkylation sites (tertiary alicyclic amines) is 2. The molecule has 8 nitrogen and oxygen atoms in total. The standard InChI is InChI=1S/C18H29N5O3/c19-10-15(24)9-17(26)22-7-4-18(5-8-22)3-1-16(25)23(12-18)6-2-14-11-20-13-21-14/h11,13,15,24H,1-10,12,19H2,(H,20,21). The van der Waals surface area contributed by atoms with E-state index in [2.05, 4.69) is 9.97 Å². The third-order valence-electron chi connectivity index (χ3n) is 5.81. The fourth-order valence-electron chi connectivity index (χ4n) is 4.04. The van der Waals surface area contributed by atoms with Crippen LogP contribution in [-0.2, 0) is 16.0 Å². The van der Waals surface area contributed by atoms with Crippen LogP contribution in [0.15, 0.2) is 12.5 Å². The number of hydrogen-bond donors (Lipinski definition) is 3. The topological polar surface area (TPSA) is 116 Å². The highest BCUT2D eigenvalue weighted by Crippen LogP contribution is 2.40. The first-order valence-corrected chi connectivity index (χ1v) is 9.42. The van der Waals surface area contributed by atoms with Crippen molar-refractivity contribution in [1.82, 2.24) is 19.8 Å². The van der Waals surface area contributed by atoms with Gasteiger partial charge < -0.3 is 25.6 Å². The van der Waals surface area contributed by atoms with Gasteiger partial charge in [-0.05, 0) is 24.7 Å². The molecule has 0 aliphatic carbocycles. The van der Waals surface area contributed by atoms with Gasteiger partial charge in [0, 0.05) is 57.5 Å². The summed E-state index contributed by atoms with van der Waals surface area (Å²) in [6.07, 6.45) is 6.87. The van der Waals surface area contributed by atoms with Crippen LogP contribution in [-0.4, -0.2) is 75.5 Å². The van der Waals surface area contributed by atoms with Crippen LogP contribution < -0.4 is 5.73 Å². The molecule has 0 radical (unpaired) electrons. The minimum atomic E-state index is -0.760. The van der Waals surface area contributed by atoms with E-state index in [-0.39, 0.29) is 30.2 Å². The molecular weight excluding hydrogens is 334 g/mol. The number of carbonyl (C=O) groups excluding carboxylic acids is 2. The van der Waals surface area contributed by atoms with Crippen molar-refractivity contribution in [2.45, 2.75) is 44.6 Å². The van der Waals surface area contributed by atoms with E-state index in [1.54, 1.807) is 12.5 Å². The number of aromatic nitrogens is 2. The van der Waals surface area contributed by atoms with Gasteiger partial charge in [-0.25, -0.2) is 4.98 Å². The number of aromatic amines is 1. The van der Waals surface area contributed by atoms with Crippen LogP contribution in [0.5, 0.6) is 0 Å². The summed E-state index contributed by atoms with van der Waals surface area (Å²) in [6.45, 7) is 2.97. The van der Waals surface area contributed by atoms with Gasteiger partial charge in [0.2, 0.25) is 11.8 Å². The van der Waals surface area contributed by atoms with Crippen molar-refractivity contribution in [2.75, 3.05) is 32.7 Å². The molecule has 2 aliphatic heterocycles. The number of aliphatic hydroxyl groups excluding tert-OH is 1. The summed E-state index contributed by atoms with van der Waals surface area (Å²) < 4.78 is 0. The molecule has 2 fully saturated rings. The van der Waals surface area contributed by atoms with Gasteiger partial charge in [0.15, 0.2) is 0 Å². The van der Waals surface area contributed by atoms with E-state index >= 15 is 0 Å². The van der Waals surface area contributed by atoms with Gasteiger partial charge >= 0.3 is 0 Å². The van der Waals surface area contributed by atoms with Gasteiger partial charge in [0.05, 0.1) is 18.9 Å². The Labute approximate surface area is 153 Å². The summed E-state index contributed by atoms with van der Waals surface area (Å²) in [4.78, 5) is 35.4. The summed E-state index contributed by atoms with van der Waals surface area (Å²) >= 11 is 0. The molecule has 1 atom stereocenters. The number of rotatable bonds is 6. The van der Waals surface area contributed by atoms with Gasteiger partial charge in [-0.15, -0.1) is 0 Å². The van der Waals surface area contributed by atoms with Crippen molar-refractivity contribution >= 4 is 11.8 Å². The Kier molecular flexibility index (Phi) is 5.93. The highest BCUT2D eigenvalue weighted by atomic mass is 16.3. The summed E-state index contributed by atoms with van der Waals surface area (Å²) in [5.74, 6) is 0.195. The first-order chi connectivity index (χ1) is 12.5. The second-order valence-corrected chi connectivity index (χ2v) is 7.62. The first-order valence-electron chi connectivity index (χ1n) is 9.42. The SMILES string of the molecule is NCC(O)CC(=O)N1CCC2(CCC(=O)N(CCc3cnc[nH]3)C2)CC1.